The zero-order chi connectivity index (χ0) is 15.2. The predicted molar refractivity (Wildman–Crippen MR) is 92.5 cm³/mol. The van der Waals surface area contributed by atoms with Gasteiger partial charge in [0.15, 0.2) is 11.8 Å². The van der Waals surface area contributed by atoms with Crippen molar-refractivity contribution in [3.8, 4) is 0 Å². The van der Waals surface area contributed by atoms with Gasteiger partial charge in [0.2, 0.25) is 5.89 Å². The number of hydrogen-bond acceptors (Lipinski definition) is 4. The quantitative estimate of drug-likeness (QED) is 0.468. The monoisotopic (exact) mass is 419 g/mol. The first-order chi connectivity index (χ1) is 10.1. The number of halogens is 2. The minimum absolute atomic E-state index is 0. The molecule has 0 aliphatic carbocycles. The van der Waals surface area contributed by atoms with Gasteiger partial charge in [-0.05, 0) is 17.7 Å². The van der Waals surface area contributed by atoms with Gasteiger partial charge in [0.05, 0.1) is 6.54 Å². The molecule has 0 atom stereocenters. The number of benzene rings is 1. The molecular formula is C14H19FIN5O. The molecule has 0 aliphatic heterocycles. The zero-order valence-electron chi connectivity index (χ0n) is 12.7. The fourth-order valence-electron chi connectivity index (χ4n) is 1.94. The molecule has 1 aromatic carbocycles. The minimum Gasteiger partial charge on any atom is -0.349 e. The molecule has 0 unspecified atom stereocenters. The summed E-state index contributed by atoms with van der Waals surface area (Å²) in [5.41, 5.74) is 0.871. The van der Waals surface area contributed by atoms with Crippen molar-refractivity contribution >= 4 is 29.9 Å². The first-order valence-corrected chi connectivity index (χ1v) is 6.54. The lowest BCUT2D eigenvalue weighted by Gasteiger charge is -2.21. The predicted octanol–water partition coefficient (Wildman–Crippen LogP) is 2.34. The topological polar surface area (TPSA) is 66.5 Å². The van der Waals surface area contributed by atoms with Crippen LogP contribution < -0.4 is 5.32 Å². The van der Waals surface area contributed by atoms with E-state index in [4.69, 9.17) is 4.52 Å². The van der Waals surface area contributed by atoms with E-state index in [-0.39, 0.29) is 29.8 Å². The third kappa shape index (κ3) is 5.24. The largest absolute Gasteiger partial charge is 0.349 e. The van der Waals surface area contributed by atoms with Gasteiger partial charge < -0.3 is 14.7 Å². The lowest BCUT2D eigenvalue weighted by molar-refractivity contribution is 0.386. The molecule has 2 rings (SSSR count). The number of rotatable bonds is 4. The second kappa shape index (κ2) is 8.66. The Bertz CT molecular complexity index is 631. The van der Waals surface area contributed by atoms with Gasteiger partial charge >= 0.3 is 0 Å². The van der Waals surface area contributed by atoms with Crippen molar-refractivity contribution in [2.75, 3.05) is 14.1 Å². The summed E-state index contributed by atoms with van der Waals surface area (Å²) >= 11 is 0. The van der Waals surface area contributed by atoms with Crippen molar-refractivity contribution in [2.45, 2.75) is 20.0 Å². The van der Waals surface area contributed by atoms with Gasteiger partial charge in [0.25, 0.3) is 0 Å². The minimum atomic E-state index is -0.244. The molecule has 1 aromatic heterocycles. The van der Waals surface area contributed by atoms with Crippen molar-refractivity contribution in [3.05, 3.63) is 47.4 Å². The summed E-state index contributed by atoms with van der Waals surface area (Å²) in [4.78, 5) is 10.2. The Balaban J connectivity index is 0.00000242. The highest BCUT2D eigenvalue weighted by Gasteiger charge is 2.09. The molecule has 0 saturated heterocycles. The van der Waals surface area contributed by atoms with E-state index in [0.29, 0.717) is 30.8 Å². The first-order valence-electron chi connectivity index (χ1n) is 6.54. The van der Waals surface area contributed by atoms with E-state index in [1.54, 1.807) is 20.0 Å². The molecular weight excluding hydrogens is 400 g/mol. The Morgan fingerprint density at radius 1 is 1.45 bits per heavy atom. The van der Waals surface area contributed by atoms with E-state index in [2.05, 4.69) is 20.4 Å². The van der Waals surface area contributed by atoms with E-state index in [9.17, 15) is 4.39 Å². The lowest BCUT2D eigenvalue weighted by atomic mass is 10.2. The van der Waals surface area contributed by atoms with Crippen LogP contribution in [0.15, 0.2) is 33.8 Å². The van der Waals surface area contributed by atoms with E-state index >= 15 is 0 Å². The summed E-state index contributed by atoms with van der Waals surface area (Å²) in [5, 5.41) is 6.94. The van der Waals surface area contributed by atoms with Gasteiger partial charge in [-0.1, -0.05) is 17.3 Å². The SMILES string of the molecule is CN=C(NCc1noc(C)n1)N(C)Cc1cccc(F)c1.I. The molecule has 0 bridgehead atoms. The molecule has 0 spiro atoms. The van der Waals surface area contributed by atoms with Crippen molar-refractivity contribution in [2.24, 2.45) is 4.99 Å². The Labute approximate surface area is 145 Å². The Hall–Kier alpha value is -1.71. The second-order valence-electron chi connectivity index (χ2n) is 4.62. The third-order valence-corrected chi connectivity index (χ3v) is 2.86. The third-order valence-electron chi connectivity index (χ3n) is 2.86. The van der Waals surface area contributed by atoms with Crippen LogP contribution in [0.25, 0.3) is 0 Å². The number of guanidine groups is 1. The lowest BCUT2D eigenvalue weighted by Crippen LogP contribution is -2.38. The van der Waals surface area contributed by atoms with Gasteiger partial charge in [0.1, 0.15) is 5.82 Å². The Kier molecular flexibility index (Phi) is 7.22. The first kappa shape index (κ1) is 18.3. The van der Waals surface area contributed by atoms with E-state index in [1.165, 1.54) is 12.1 Å². The summed E-state index contributed by atoms with van der Waals surface area (Å²) in [6.07, 6.45) is 0. The maximum absolute atomic E-state index is 13.2. The van der Waals surface area contributed by atoms with E-state index in [0.717, 1.165) is 5.56 Å². The summed E-state index contributed by atoms with van der Waals surface area (Å²) < 4.78 is 18.1. The van der Waals surface area contributed by atoms with Crippen LogP contribution in [0.2, 0.25) is 0 Å². The molecule has 120 valence electrons. The summed E-state index contributed by atoms with van der Waals surface area (Å²) in [6.45, 7) is 2.70. The number of aliphatic imine (C=N–C) groups is 1. The fraction of sp³-hybridized carbons (Fsp3) is 0.357. The molecule has 2 aromatic rings. The van der Waals surface area contributed by atoms with Gasteiger partial charge in [-0.15, -0.1) is 24.0 Å². The van der Waals surface area contributed by atoms with E-state index in [1.807, 2.05) is 18.0 Å². The molecule has 6 nitrogen and oxygen atoms in total. The second-order valence-corrected chi connectivity index (χ2v) is 4.62. The van der Waals surface area contributed by atoms with Crippen molar-refractivity contribution in [1.29, 1.82) is 0 Å². The van der Waals surface area contributed by atoms with Crippen LogP contribution in [0.4, 0.5) is 4.39 Å². The normalized spacial score (nSPS) is 11.0. The summed E-state index contributed by atoms with van der Waals surface area (Å²) in [5.74, 6) is 1.51. The van der Waals surface area contributed by atoms with Gasteiger partial charge in [-0.2, -0.15) is 4.98 Å². The maximum atomic E-state index is 13.2. The van der Waals surface area contributed by atoms with Crippen LogP contribution in [-0.2, 0) is 13.1 Å². The van der Waals surface area contributed by atoms with E-state index < -0.39 is 0 Å². The number of nitrogens with one attached hydrogen (secondary N) is 1. The summed E-state index contributed by atoms with van der Waals surface area (Å²) in [6, 6.07) is 6.49. The molecule has 1 N–H and O–H groups in total. The smallest absolute Gasteiger partial charge is 0.223 e. The highest BCUT2D eigenvalue weighted by molar-refractivity contribution is 14.0. The molecule has 8 heteroatoms. The molecule has 0 saturated carbocycles. The Morgan fingerprint density at radius 3 is 2.82 bits per heavy atom. The molecule has 0 radical (unpaired) electrons. The average molecular weight is 419 g/mol. The van der Waals surface area contributed by atoms with Crippen LogP contribution in [-0.4, -0.2) is 35.1 Å². The van der Waals surface area contributed by atoms with Crippen molar-refractivity contribution < 1.29 is 8.91 Å². The highest BCUT2D eigenvalue weighted by atomic mass is 127. The van der Waals surface area contributed by atoms with Crippen LogP contribution in [0.1, 0.15) is 17.3 Å². The molecule has 22 heavy (non-hydrogen) atoms. The zero-order valence-corrected chi connectivity index (χ0v) is 15.0. The van der Waals surface area contributed by atoms with Crippen LogP contribution in [0, 0.1) is 12.7 Å². The van der Waals surface area contributed by atoms with Crippen molar-refractivity contribution in [3.63, 3.8) is 0 Å². The van der Waals surface area contributed by atoms with Gasteiger partial charge in [0, 0.05) is 27.6 Å². The average Bonchev–Trinajstić information content (AvgIpc) is 2.85. The fourth-order valence-corrected chi connectivity index (χ4v) is 1.94. The van der Waals surface area contributed by atoms with Crippen LogP contribution in [0.5, 0.6) is 0 Å². The van der Waals surface area contributed by atoms with Gasteiger partial charge in [-0.3, -0.25) is 4.99 Å². The highest BCUT2D eigenvalue weighted by Crippen LogP contribution is 2.06. The molecule has 0 fully saturated rings. The molecule has 0 amide bonds. The number of nitrogens with zero attached hydrogens (tertiary/aromatic N) is 4. The van der Waals surface area contributed by atoms with Gasteiger partial charge in [-0.25, -0.2) is 4.39 Å². The maximum Gasteiger partial charge on any atom is 0.223 e. The van der Waals surface area contributed by atoms with Crippen LogP contribution >= 0.6 is 24.0 Å². The number of hydrogen-bond donors (Lipinski definition) is 1. The van der Waals surface area contributed by atoms with Crippen molar-refractivity contribution in [1.82, 2.24) is 20.4 Å². The number of aryl methyl sites for hydroxylation is 1. The Morgan fingerprint density at radius 2 is 2.23 bits per heavy atom. The molecule has 1 heterocycles. The summed E-state index contributed by atoms with van der Waals surface area (Å²) in [7, 11) is 3.56. The number of aromatic nitrogens is 2. The van der Waals surface area contributed by atoms with Crippen LogP contribution in [0.3, 0.4) is 0 Å². The molecule has 0 aliphatic rings. The standard InChI is InChI=1S/C14H18FN5O.HI/c1-10-18-13(19-21-10)8-17-14(16-2)20(3)9-11-5-4-6-12(15)7-11;/h4-7H,8-9H2,1-3H3,(H,16,17);1H.